The minimum Gasteiger partial charge on any atom is -0.140 e. The fourth-order valence-corrected chi connectivity index (χ4v) is 7.21. The van der Waals surface area contributed by atoms with Gasteiger partial charge in [0.2, 0.25) is 0 Å². The van der Waals surface area contributed by atoms with Gasteiger partial charge in [0.1, 0.15) is 0 Å². The predicted molar refractivity (Wildman–Crippen MR) is 153 cm³/mol. The Labute approximate surface area is 211 Å². The van der Waals surface area contributed by atoms with E-state index in [1.165, 1.54) is 87.0 Å². The highest BCUT2D eigenvalue weighted by Crippen LogP contribution is 2.50. The molecule has 1 aromatic heterocycles. The molecule has 0 unspecified atom stereocenters. The average Bonchev–Trinajstić information content (AvgIpc) is 3.52. The van der Waals surface area contributed by atoms with Crippen LogP contribution in [0.15, 0.2) is 84.0 Å². The van der Waals surface area contributed by atoms with Crippen LogP contribution in [-0.4, -0.2) is 0 Å². The van der Waals surface area contributed by atoms with Gasteiger partial charge in [-0.3, -0.25) is 0 Å². The van der Waals surface area contributed by atoms with Gasteiger partial charge in [-0.2, -0.15) is 0 Å². The lowest BCUT2D eigenvalue weighted by molar-refractivity contribution is 1.22. The van der Waals surface area contributed by atoms with Crippen LogP contribution in [0.2, 0.25) is 0 Å². The van der Waals surface area contributed by atoms with Crippen molar-refractivity contribution in [3.05, 3.63) is 111 Å². The Hall–Kier alpha value is -3.42. The Kier molecular flexibility index (Phi) is 4.50. The van der Waals surface area contributed by atoms with Gasteiger partial charge in [0, 0.05) is 9.75 Å². The van der Waals surface area contributed by atoms with Gasteiger partial charge in [-0.05, 0) is 125 Å². The van der Waals surface area contributed by atoms with E-state index in [4.69, 9.17) is 0 Å². The van der Waals surface area contributed by atoms with Crippen LogP contribution in [-0.2, 0) is 6.42 Å². The van der Waals surface area contributed by atoms with Gasteiger partial charge in [0.05, 0.1) is 0 Å². The number of benzene rings is 4. The molecule has 170 valence electrons. The van der Waals surface area contributed by atoms with Crippen molar-refractivity contribution < 1.29 is 0 Å². The molecule has 0 fully saturated rings. The quantitative estimate of drug-likeness (QED) is 0.237. The van der Waals surface area contributed by atoms with E-state index < -0.39 is 0 Å². The Morgan fingerprint density at radius 3 is 1.74 bits per heavy atom. The molecule has 0 saturated carbocycles. The molecular formula is C34H28S. The molecule has 0 N–H and O–H groups in total. The number of aryl methyl sites for hydroxylation is 2. The predicted octanol–water partition coefficient (Wildman–Crippen LogP) is 10.0. The second kappa shape index (κ2) is 7.54. The molecular weight excluding hydrogens is 440 g/mol. The van der Waals surface area contributed by atoms with Crippen molar-refractivity contribution in [3.8, 4) is 21.6 Å². The zero-order valence-electron chi connectivity index (χ0n) is 20.8. The smallest absolute Gasteiger partial charge is 0.0354 e. The Bertz CT molecular complexity index is 1750. The van der Waals surface area contributed by atoms with Gasteiger partial charge in [0.25, 0.3) is 0 Å². The normalized spacial score (nSPS) is 14.7. The maximum atomic E-state index is 2.50. The van der Waals surface area contributed by atoms with Crippen molar-refractivity contribution in [2.24, 2.45) is 0 Å². The molecule has 0 atom stereocenters. The van der Waals surface area contributed by atoms with E-state index in [-0.39, 0.29) is 0 Å². The molecule has 4 aromatic carbocycles. The van der Waals surface area contributed by atoms with Crippen LogP contribution in [0.1, 0.15) is 47.4 Å². The highest BCUT2D eigenvalue weighted by molar-refractivity contribution is 7.15. The lowest BCUT2D eigenvalue weighted by Gasteiger charge is -2.15. The highest BCUT2D eigenvalue weighted by atomic mass is 32.1. The molecule has 0 nitrogen and oxygen atoms in total. The van der Waals surface area contributed by atoms with Crippen molar-refractivity contribution in [3.63, 3.8) is 0 Å². The Morgan fingerprint density at radius 2 is 1.20 bits per heavy atom. The fourth-order valence-electron chi connectivity index (χ4n) is 6.15. The van der Waals surface area contributed by atoms with E-state index in [1.807, 2.05) is 11.3 Å². The van der Waals surface area contributed by atoms with Gasteiger partial charge >= 0.3 is 0 Å². The summed E-state index contributed by atoms with van der Waals surface area (Å²) >= 11 is 1.92. The van der Waals surface area contributed by atoms with Gasteiger partial charge in [-0.25, -0.2) is 0 Å². The van der Waals surface area contributed by atoms with E-state index in [0.29, 0.717) is 0 Å². The molecule has 35 heavy (non-hydrogen) atoms. The SMILES string of the molecule is CC1=C(C)CC(c2cc3c(c4ccccc24)-c2c(cc(-c4cc(C)c(C)s4)c4ccccc24)C3)=C1. The first-order chi connectivity index (χ1) is 17.0. The zero-order valence-corrected chi connectivity index (χ0v) is 21.6. The third-order valence-corrected chi connectivity index (χ3v) is 9.37. The minimum atomic E-state index is 1.00. The van der Waals surface area contributed by atoms with E-state index in [0.717, 1.165) is 12.8 Å². The molecule has 7 rings (SSSR count). The van der Waals surface area contributed by atoms with Gasteiger partial charge in [0.15, 0.2) is 0 Å². The first-order valence-electron chi connectivity index (χ1n) is 12.5. The van der Waals surface area contributed by atoms with E-state index in [2.05, 4.69) is 101 Å². The standard InChI is InChI=1S/C34H28S/c1-19-13-23(14-20(19)2)30-17-24-16-25-18-31(32-15-21(3)22(4)35-32)27-10-6-8-12-29(27)34(25)33(24)28-11-7-5-9-26(28)30/h5-13,15,17-18H,14,16H2,1-4H3. The summed E-state index contributed by atoms with van der Waals surface area (Å²) in [5.41, 5.74) is 14.4. The molecule has 0 radical (unpaired) electrons. The first-order valence-corrected chi connectivity index (χ1v) is 13.4. The Balaban J connectivity index is 1.52. The number of hydrogen-bond donors (Lipinski definition) is 0. The molecule has 5 aromatic rings. The van der Waals surface area contributed by atoms with E-state index in [9.17, 15) is 0 Å². The molecule has 1 heterocycles. The van der Waals surface area contributed by atoms with Crippen LogP contribution in [0.4, 0.5) is 0 Å². The van der Waals surface area contributed by atoms with Crippen LogP contribution in [0.3, 0.4) is 0 Å². The van der Waals surface area contributed by atoms with E-state index >= 15 is 0 Å². The number of thiophene rings is 1. The summed E-state index contributed by atoms with van der Waals surface area (Å²) < 4.78 is 0. The van der Waals surface area contributed by atoms with Crippen LogP contribution >= 0.6 is 11.3 Å². The van der Waals surface area contributed by atoms with Crippen LogP contribution < -0.4 is 0 Å². The second-order valence-corrected chi connectivity index (χ2v) is 11.6. The van der Waals surface area contributed by atoms with Gasteiger partial charge in [-0.1, -0.05) is 65.8 Å². The number of hydrogen-bond acceptors (Lipinski definition) is 1. The number of rotatable bonds is 2. The summed E-state index contributed by atoms with van der Waals surface area (Å²) in [4.78, 5) is 2.79. The van der Waals surface area contributed by atoms with Gasteiger partial charge < -0.3 is 0 Å². The first kappa shape index (κ1) is 20.9. The molecule has 0 bridgehead atoms. The third kappa shape index (κ3) is 3.04. The molecule has 0 saturated heterocycles. The molecule has 2 aliphatic carbocycles. The number of fused-ring (bicyclic) bond motifs is 7. The summed E-state index contributed by atoms with van der Waals surface area (Å²) in [5, 5.41) is 5.52. The maximum Gasteiger partial charge on any atom is 0.0354 e. The summed E-state index contributed by atoms with van der Waals surface area (Å²) in [6.45, 7) is 8.98. The highest BCUT2D eigenvalue weighted by Gasteiger charge is 2.27. The lowest BCUT2D eigenvalue weighted by atomic mass is 9.88. The van der Waals surface area contributed by atoms with Crippen molar-refractivity contribution in [1.29, 1.82) is 0 Å². The summed E-state index contributed by atoms with van der Waals surface area (Å²) in [5.74, 6) is 0. The van der Waals surface area contributed by atoms with Crippen LogP contribution in [0.5, 0.6) is 0 Å². The van der Waals surface area contributed by atoms with Crippen molar-refractivity contribution in [1.82, 2.24) is 0 Å². The summed E-state index contributed by atoms with van der Waals surface area (Å²) in [7, 11) is 0. The molecule has 0 amide bonds. The van der Waals surface area contributed by atoms with Crippen LogP contribution in [0, 0.1) is 13.8 Å². The van der Waals surface area contributed by atoms with E-state index in [1.54, 1.807) is 0 Å². The summed E-state index contributed by atoms with van der Waals surface area (Å²) in [6.07, 6.45) is 4.47. The second-order valence-electron chi connectivity index (χ2n) is 10.3. The lowest BCUT2D eigenvalue weighted by Crippen LogP contribution is -1.91. The van der Waals surface area contributed by atoms with Crippen molar-refractivity contribution in [2.75, 3.05) is 0 Å². The topological polar surface area (TPSA) is 0 Å². The largest absolute Gasteiger partial charge is 0.140 e. The van der Waals surface area contributed by atoms with Crippen molar-refractivity contribution in [2.45, 2.75) is 40.5 Å². The zero-order chi connectivity index (χ0) is 23.8. The minimum absolute atomic E-state index is 1.00. The van der Waals surface area contributed by atoms with Crippen LogP contribution in [0.25, 0.3) is 48.7 Å². The maximum absolute atomic E-state index is 2.50. The average molecular weight is 469 g/mol. The fraction of sp³-hybridized carbons (Fsp3) is 0.176. The summed E-state index contributed by atoms with van der Waals surface area (Å²) in [6, 6.07) is 25.4. The molecule has 1 heteroatoms. The number of allylic oxidation sites excluding steroid dienone is 4. The third-order valence-electron chi connectivity index (χ3n) is 8.18. The van der Waals surface area contributed by atoms with Gasteiger partial charge in [-0.15, -0.1) is 11.3 Å². The van der Waals surface area contributed by atoms with Crippen molar-refractivity contribution >= 4 is 38.5 Å². The molecule has 0 aliphatic heterocycles. The molecule has 2 aliphatic rings. The monoisotopic (exact) mass is 468 g/mol. The Morgan fingerprint density at radius 1 is 0.629 bits per heavy atom. The molecule has 0 spiro atoms.